The molecule has 2 heterocycles. The molecule has 2 heteroatoms. The fourth-order valence-electron chi connectivity index (χ4n) is 6.32. The van der Waals surface area contributed by atoms with Crippen molar-refractivity contribution in [1.82, 2.24) is 0 Å². The van der Waals surface area contributed by atoms with E-state index in [0.29, 0.717) is 0 Å². The second-order valence-electron chi connectivity index (χ2n) is 8.68. The van der Waals surface area contributed by atoms with Gasteiger partial charge in [0.2, 0.25) is 0 Å². The van der Waals surface area contributed by atoms with Crippen LogP contribution in [-0.4, -0.2) is 24.4 Å². The summed E-state index contributed by atoms with van der Waals surface area (Å²) < 4.78 is 13.1. The zero-order chi connectivity index (χ0) is 15.8. The normalized spacial score (nSPS) is 45.2. The van der Waals surface area contributed by atoms with Gasteiger partial charge in [0.25, 0.3) is 0 Å². The van der Waals surface area contributed by atoms with Crippen molar-refractivity contribution < 1.29 is 9.47 Å². The Hall–Kier alpha value is -0.340. The smallest absolute Gasteiger partial charge is 0.0755 e. The average molecular weight is 319 g/mol. The van der Waals surface area contributed by atoms with E-state index in [1.807, 2.05) is 0 Å². The van der Waals surface area contributed by atoms with Crippen LogP contribution in [0.25, 0.3) is 0 Å². The Balaban J connectivity index is 1.63. The molecule has 3 fully saturated rings. The Kier molecular flexibility index (Phi) is 4.58. The molecule has 0 aromatic carbocycles. The Bertz CT molecular complexity index is 440. The number of hydrogen-bond donors (Lipinski definition) is 0. The minimum absolute atomic E-state index is 0.132. The highest BCUT2D eigenvalue weighted by Gasteiger charge is 2.54. The quantitative estimate of drug-likeness (QED) is 0.602. The lowest BCUT2D eigenvalue weighted by molar-refractivity contribution is -0.197. The summed E-state index contributed by atoms with van der Waals surface area (Å²) in [4.78, 5) is 0. The molecule has 4 atom stereocenters. The molecular weight excluding hydrogens is 284 g/mol. The van der Waals surface area contributed by atoms with E-state index in [1.54, 1.807) is 5.57 Å². The standard InChI is InChI=1S/C21H34O2/c1-17-10-15-23-21(16-17)13-5-3-9-19(21)18-8-2-4-11-20(18)12-6-7-14-22-20/h10,18-19H,2-9,11-16H2,1H3. The van der Waals surface area contributed by atoms with Crippen molar-refractivity contribution in [2.24, 2.45) is 11.8 Å². The van der Waals surface area contributed by atoms with Gasteiger partial charge >= 0.3 is 0 Å². The maximum atomic E-state index is 6.56. The monoisotopic (exact) mass is 318 g/mol. The summed E-state index contributed by atoms with van der Waals surface area (Å²) in [5.41, 5.74) is 1.88. The van der Waals surface area contributed by atoms with Gasteiger partial charge in [-0.05, 0) is 70.1 Å². The molecule has 0 radical (unpaired) electrons. The molecule has 0 amide bonds. The van der Waals surface area contributed by atoms with Gasteiger partial charge in [-0.3, -0.25) is 0 Å². The van der Waals surface area contributed by atoms with Gasteiger partial charge in [-0.15, -0.1) is 0 Å². The van der Waals surface area contributed by atoms with Crippen LogP contribution < -0.4 is 0 Å². The Morgan fingerprint density at radius 2 is 1.48 bits per heavy atom. The third-order valence-electron chi connectivity index (χ3n) is 7.33. The Labute approximate surface area is 142 Å². The van der Waals surface area contributed by atoms with Crippen molar-refractivity contribution in [3.8, 4) is 0 Å². The lowest BCUT2D eigenvalue weighted by Gasteiger charge is -2.56. The molecule has 130 valence electrons. The maximum Gasteiger partial charge on any atom is 0.0755 e. The number of ether oxygens (including phenoxy) is 2. The summed E-state index contributed by atoms with van der Waals surface area (Å²) in [6.45, 7) is 4.14. The largest absolute Gasteiger partial charge is 0.375 e. The van der Waals surface area contributed by atoms with Crippen LogP contribution in [0.3, 0.4) is 0 Å². The minimum atomic E-state index is 0.132. The van der Waals surface area contributed by atoms with Gasteiger partial charge < -0.3 is 9.47 Å². The van der Waals surface area contributed by atoms with Crippen molar-refractivity contribution in [2.75, 3.05) is 13.2 Å². The lowest BCUT2D eigenvalue weighted by atomic mass is 9.57. The predicted molar refractivity (Wildman–Crippen MR) is 93.5 cm³/mol. The van der Waals surface area contributed by atoms with E-state index in [0.717, 1.165) is 25.0 Å². The van der Waals surface area contributed by atoms with Crippen LogP contribution in [0.15, 0.2) is 11.6 Å². The number of rotatable bonds is 1. The van der Waals surface area contributed by atoms with Crippen LogP contribution in [-0.2, 0) is 9.47 Å². The first-order valence-electron chi connectivity index (χ1n) is 10.2. The second kappa shape index (κ2) is 6.52. The fourth-order valence-corrected chi connectivity index (χ4v) is 6.32. The molecule has 0 N–H and O–H groups in total. The summed E-state index contributed by atoms with van der Waals surface area (Å²) in [5, 5.41) is 0. The molecule has 2 nitrogen and oxygen atoms in total. The van der Waals surface area contributed by atoms with Crippen LogP contribution in [0.5, 0.6) is 0 Å². The summed E-state index contributed by atoms with van der Waals surface area (Å²) in [6, 6.07) is 0. The number of hydrogen-bond acceptors (Lipinski definition) is 2. The zero-order valence-electron chi connectivity index (χ0n) is 14.9. The fraction of sp³-hybridized carbons (Fsp3) is 0.905. The lowest BCUT2D eigenvalue weighted by Crippen LogP contribution is -2.57. The van der Waals surface area contributed by atoms with E-state index < -0.39 is 0 Å². The van der Waals surface area contributed by atoms with Crippen LogP contribution in [0, 0.1) is 11.8 Å². The van der Waals surface area contributed by atoms with Gasteiger partial charge in [0.15, 0.2) is 0 Å². The molecule has 1 saturated heterocycles. The van der Waals surface area contributed by atoms with E-state index >= 15 is 0 Å². The summed E-state index contributed by atoms with van der Waals surface area (Å²) in [7, 11) is 0. The topological polar surface area (TPSA) is 18.5 Å². The molecule has 2 aliphatic heterocycles. The molecule has 0 bridgehead atoms. The zero-order valence-corrected chi connectivity index (χ0v) is 14.9. The van der Waals surface area contributed by atoms with Crippen molar-refractivity contribution >= 4 is 0 Å². The molecule has 0 aromatic heterocycles. The van der Waals surface area contributed by atoms with Crippen molar-refractivity contribution in [3.05, 3.63) is 11.6 Å². The predicted octanol–water partition coefficient (Wildman–Crippen LogP) is 5.41. The molecular formula is C21H34O2. The molecule has 23 heavy (non-hydrogen) atoms. The molecule has 2 spiro atoms. The van der Waals surface area contributed by atoms with Crippen LogP contribution in [0.2, 0.25) is 0 Å². The highest BCUT2D eigenvalue weighted by molar-refractivity contribution is 5.13. The highest BCUT2D eigenvalue weighted by atomic mass is 16.5. The Morgan fingerprint density at radius 1 is 0.826 bits per heavy atom. The highest BCUT2D eigenvalue weighted by Crippen LogP contribution is 2.54. The molecule has 4 rings (SSSR count). The van der Waals surface area contributed by atoms with Gasteiger partial charge in [-0.1, -0.05) is 37.3 Å². The maximum absolute atomic E-state index is 6.56. The van der Waals surface area contributed by atoms with Gasteiger partial charge in [-0.2, -0.15) is 0 Å². The second-order valence-corrected chi connectivity index (χ2v) is 8.68. The summed E-state index contributed by atoms with van der Waals surface area (Å²) in [6.07, 6.45) is 18.2. The molecule has 2 saturated carbocycles. The molecule has 2 aliphatic carbocycles. The third-order valence-corrected chi connectivity index (χ3v) is 7.33. The molecule has 0 aromatic rings. The van der Waals surface area contributed by atoms with Crippen LogP contribution in [0.1, 0.15) is 84.0 Å². The van der Waals surface area contributed by atoms with E-state index in [9.17, 15) is 0 Å². The third kappa shape index (κ3) is 2.91. The minimum Gasteiger partial charge on any atom is -0.375 e. The van der Waals surface area contributed by atoms with E-state index in [2.05, 4.69) is 13.0 Å². The van der Waals surface area contributed by atoms with Crippen molar-refractivity contribution in [3.63, 3.8) is 0 Å². The molecule has 4 aliphatic rings. The van der Waals surface area contributed by atoms with E-state index in [-0.39, 0.29) is 11.2 Å². The van der Waals surface area contributed by atoms with E-state index in [4.69, 9.17) is 9.47 Å². The molecule has 4 unspecified atom stereocenters. The van der Waals surface area contributed by atoms with E-state index in [1.165, 1.54) is 77.0 Å². The first-order valence-corrected chi connectivity index (χ1v) is 10.2. The van der Waals surface area contributed by atoms with Gasteiger partial charge in [0.1, 0.15) is 0 Å². The van der Waals surface area contributed by atoms with Crippen LogP contribution in [0.4, 0.5) is 0 Å². The first kappa shape index (κ1) is 16.1. The van der Waals surface area contributed by atoms with Crippen molar-refractivity contribution in [1.29, 1.82) is 0 Å². The first-order chi connectivity index (χ1) is 11.2. The summed E-state index contributed by atoms with van der Waals surface area (Å²) >= 11 is 0. The van der Waals surface area contributed by atoms with Gasteiger partial charge in [-0.25, -0.2) is 0 Å². The van der Waals surface area contributed by atoms with Crippen LogP contribution >= 0.6 is 0 Å². The Morgan fingerprint density at radius 3 is 2.17 bits per heavy atom. The SMILES string of the molecule is CC1=CCOC2(CCCCC2C2CCCCC23CCCCO3)C1. The summed E-state index contributed by atoms with van der Waals surface area (Å²) in [5.74, 6) is 1.46. The average Bonchev–Trinajstić information content (AvgIpc) is 2.57. The van der Waals surface area contributed by atoms with Gasteiger partial charge in [0.05, 0.1) is 17.8 Å². The van der Waals surface area contributed by atoms with Gasteiger partial charge in [0, 0.05) is 6.61 Å². The van der Waals surface area contributed by atoms with Crippen molar-refractivity contribution in [2.45, 2.75) is 95.2 Å².